The lowest BCUT2D eigenvalue weighted by molar-refractivity contribution is -0.137. The third kappa shape index (κ3) is 3.45. The summed E-state index contributed by atoms with van der Waals surface area (Å²) in [6.07, 6.45) is -2.72. The number of hydrogen-bond acceptors (Lipinski definition) is 6. The Labute approximate surface area is 181 Å². The molecule has 1 atom stereocenters. The van der Waals surface area contributed by atoms with Crippen molar-refractivity contribution in [3.05, 3.63) is 53.9 Å². The van der Waals surface area contributed by atoms with E-state index in [0.717, 1.165) is 24.3 Å². The number of anilines is 2. The molecule has 32 heavy (non-hydrogen) atoms. The van der Waals surface area contributed by atoms with Gasteiger partial charge in [0.15, 0.2) is 11.5 Å². The standard InChI is InChI=1S/C22H21F3N6O/c1-32-17-9-3-8-16-18(17)27-21(26)31-20(16)28-19(29-31)13-5-4-10-30(12-13)15-7-2-6-14(11-15)22(23,24)25/h2-3,6-9,11,13H,4-5,10,12H2,1H3,(H2,26,27)/t13-/m1/s1. The van der Waals surface area contributed by atoms with Crippen molar-refractivity contribution in [1.29, 1.82) is 0 Å². The lowest BCUT2D eigenvalue weighted by Gasteiger charge is -2.33. The zero-order chi connectivity index (χ0) is 22.5. The third-order valence-corrected chi connectivity index (χ3v) is 5.85. The molecule has 2 aromatic heterocycles. The molecule has 2 N–H and O–H groups in total. The van der Waals surface area contributed by atoms with Gasteiger partial charge in [0, 0.05) is 30.1 Å². The second-order valence-corrected chi connectivity index (χ2v) is 7.87. The molecule has 1 aliphatic heterocycles. The average Bonchev–Trinajstić information content (AvgIpc) is 3.25. The maximum atomic E-state index is 13.1. The number of alkyl halides is 3. The Kier molecular flexibility index (Phi) is 4.79. The summed E-state index contributed by atoms with van der Waals surface area (Å²) < 4.78 is 46.3. The lowest BCUT2D eigenvalue weighted by Crippen LogP contribution is -2.35. The summed E-state index contributed by atoms with van der Waals surface area (Å²) in [5.74, 6) is 1.35. The molecule has 0 unspecified atom stereocenters. The number of halogens is 3. The fraction of sp³-hybridized carbons (Fsp3) is 0.318. The van der Waals surface area contributed by atoms with Crippen LogP contribution in [0, 0.1) is 0 Å². The second kappa shape index (κ2) is 7.54. The van der Waals surface area contributed by atoms with E-state index in [2.05, 4.69) is 10.1 Å². The van der Waals surface area contributed by atoms with Crippen LogP contribution in [-0.2, 0) is 6.18 Å². The first kappa shape index (κ1) is 20.3. The van der Waals surface area contributed by atoms with Gasteiger partial charge in [-0.2, -0.15) is 17.7 Å². The van der Waals surface area contributed by atoms with Crippen LogP contribution in [0.3, 0.4) is 0 Å². The summed E-state index contributed by atoms with van der Waals surface area (Å²) in [4.78, 5) is 11.1. The van der Waals surface area contributed by atoms with Crippen LogP contribution >= 0.6 is 0 Å². The van der Waals surface area contributed by atoms with Crippen molar-refractivity contribution < 1.29 is 17.9 Å². The maximum absolute atomic E-state index is 13.1. The fourth-order valence-electron chi connectivity index (χ4n) is 4.28. The van der Waals surface area contributed by atoms with Gasteiger partial charge in [-0.25, -0.2) is 9.97 Å². The lowest BCUT2D eigenvalue weighted by atomic mass is 9.96. The molecule has 1 aliphatic rings. The highest BCUT2D eigenvalue weighted by Crippen LogP contribution is 2.35. The van der Waals surface area contributed by atoms with E-state index >= 15 is 0 Å². The number of ether oxygens (including phenoxy) is 1. The average molecular weight is 442 g/mol. The SMILES string of the molecule is COc1cccc2c1nc(N)n1nc([C@@H]3CCCN(c4cccc(C(F)(F)F)c4)C3)nc21. The van der Waals surface area contributed by atoms with E-state index in [4.69, 9.17) is 15.5 Å². The van der Waals surface area contributed by atoms with Gasteiger partial charge in [-0.3, -0.25) is 0 Å². The molecule has 0 radical (unpaired) electrons. The Hall–Kier alpha value is -3.56. The second-order valence-electron chi connectivity index (χ2n) is 7.87. The Morgan fingerprint density at radius 2 is 1.94 bits per heavy atom. The summed E-state index contributed by atoms with van der Waals surface area (Å²) in [5, 5.41) is 5.36. The number of piperidine rings is 1. The van der Waals surface area contributed by atoms with Crippen LogP contribution in [0.15, 0.2) is 42.5 Å². The molecule has 0 bridgehead atoms. The molecular formula is C22H21F3N6O. The number of nitrogens with two attached hydrogens (primary N) is 1. The van der Waals surface area contributed by atoms with Crippen LogP contribution in [0.25, 0.3) is 16.6 Å². The highest BCUT2D eigenvalue weighted by Gasteiger charge is 2.32. The molecule has 166 valence electrons. The molecule has 2 aromatic carbocycles. The molecule has 0 aliphatic carbocycles. The first-order valence-corrected chi connectivity index (χ1v) is 10.3. The largest absolute Gasteiger partial charge is 0.494 e. The highest BCUT2D eigenvalue weighted by molar-refractivity contribution is 5.95. The summed E-state index contributed by atoms with van der Waals surface area (Å²) >= 11 is 0. The summed E-state index contributed by atoms with van der Waals surface area (Å²) in [6.45, 7) is 1.20. The van der Waals surface area contributed by atoms with Crippen molar-refractivity contribution in [3.63, 3.8) is 0 Å². The van der Waals surface area contributed by atoms with E-state index in [1.807, 2.05) is 17.0 Å². The summed E-state index contributed by atoms with van der Waals surface area (Å²) in [6, 6.07) is 11.0. The highest BCUT2D eigenvalue weighted by atomic mass is 19.4. The monoisotopic (exact) mass is 442 g/mol. The van der Waals surface area contributed by atoms with Crippen molar-refractivity contribution in [2.24, 2.45) is 0 Å². The predicted molar refractivity (Wildman–Crippen MR) is 115 cm³/mol. The number of hydrogen-bond donors (Lipinski definition) is 1. The Balaban J connectivity index is 1.50. The molecule has 4 aromatic rings. The van der Waals surface area contributed by atoms with E-state index in [1.165, 1.54) is 16.6 Å². The maximum Gasteiger partial charge on any atom is 0.416 e. The smallest absolute Gasteiger partial charge is 0.416 e. The Bertz CT molecular complexity index is 1300. The van der Waals surface area contributed by atoms with Gasteiger partial charge in [-0.05, 0) is 43.2 Å². The predicted octanol–water partition coefficient (Wildman–Crippen LogP) is 4.27. The molecule has 0 saturated carbocycles. The van der Waals surface area contributed by atoms with Crippen molar-refractivity contribution in [2.45, 2.75) is 24.9 Å². The van der Waals surface area contributed by atoms with E-state index in [0.29, 0.717) is 41.5 Å². The number of benzene rings is 2. The number of nitrogen functional groups attached to an aromatic ring is 1. The van der Waals surface area contributed by atoms with Gasteiger partial charge in [0.25, 0.3) is 0 Å². The molecule has 10 heteroatoms. The molecule has 0 spiro atoms. The normalized spacial score (nSPS) is 17.2. The molecule has 3 heterocycles. The molecule has 0 amide bonds. The van der Waals surface area contributed by atoms with Gasteiger partial charge >= 0.3 is 6.18 Å². The van der Waals surface area contributed by atoms with Crippen molar-refractivity contribution in [1.82, 2.24) is 19.6 Å². The van der Waals surface area contributed by atoms with Crippen molar-refractivity contribution in [3.8, 4) is 5.75 Å². The zero-order valence-corrected chi connectivity index (χ0v) is 17.3. The van der Waals surface area contributed by atoms with E-state index in [9.17, 15) is 13.2 Å². The molecule has 1 saturated heterocycles. The Morgan fingerprint density at radius 3 is 2.72 bits per heavy atom. The number of para-hydroxylation sites is 1. The molecule has 1 fully saturated rings. The molecule has 5 rings (SSSR count). The fourth-order valence-corrected chi connectivity index (χ4v) is 4.28. The number of methoxy groups -OCH3 is 1. The minimum Gasteiger partial charge on any atom is -0.494 e. The quantitative estimate of drug-likeness (QED) is 0.510. The number of nitrogens with zero attached hydrogens (tertiary/aromatic N) is 5. The van der Waals surface area contributed by atoms with Gasteiger partial charge < -0.3 is 15.4 Å². The van der Waals surface area contributed by atoms with Gasteiger partial charge in [0.1, 0.15) is 11.3 Å². The van der Waals surface area contributed by atoms with Crippen LogP contribution < -0.4 is 15.4 Å². The topological polar surface area (TPSA) is 81.6 Å². The number of aromatic nitrogens is 4. The molecular weight excluding hydrogens is 421 g/mol. The van der Waals surface area contributed by atoms with Crippen LogP contribution in [0.5, 0.6) is 5.75 Å². The minimum absolute atomic E-state index is 0.0433. The number of rotatable bonds is 3. The summed E-state index contributed by atoms with van der Waals surface area (Å²) in [7, 11) is 1.57. The Morgan fingerprint density at radius 1 is 1.12 bits per heavy atom. The zero-order valence-electron chi connectivity index (χ0n) is 17.3. The van der Waals surface area contributed by atoms with Gasteiger partial charge in [-0.15, -0.1) is 5.10 Å². The van der Waals surface area contributed by atoms with E-state index in [-0.39, 0.29) is 11.9 Å². The van der Waals surface area contributed by atoms with Crippen LogP contribution in [0.4, 0.5) is 24.8 Å². The number of fused-ring (bicyclic) bond motifs is 3. The van der Waals surface area contributed by atoms with Crippen LogP contribution in [0.1, 0.15) is 30.1 Å². The molecule has 7 nitrogen and oxygen atoms in total. The minimum atomic E-state index is -4.37. The third-order valence-electron chi connectivity index (χ3n) is 5.85. The van der Waals surface area contributed by atoms with E-state index in [1.54, 1.807) is 19.2 Å². The first-order chi connectivity index (χ1) is 15.3. The van der Waals surface area contributed by atoms with E-state index < -0.39 is 11.7 Å². The van der Waals surface area contributed by atoms with Gasteiger partial charge in [-0.1, -0.05) is 12.1 Å². The first-order valence-electron chi connectivity index (χ1n) is 10.3. The van der Waals surface area contributed by atoms with Gasteiger partial charge in [0.2, 0.25) is 5.95 Å². The summed E-state index contributed by atoms with van der Waals surface area (Å²) in [5.41, 5.74) is 7.22. The van der Waals surface area contributed by atoms with Crippen molar-refractivity contribution >= 4 is 28.2 Å². The van der Waals surface area contributed by atoms with Crippen LogP contribution in [-0.4, -0.2) is 39.8 Å². The van der Waals surface area contributed by atoms with Crippen molar-refractivity contribution in [2.75, 3.05) is 30.8 Å². The van der Waals surface area contributed by atoms with Gasteiger partial charge in [0.05, 0.1) is 12.7 Å². The van der Waals surface area contributed by atoms with Crippen LogP contribution in [0.2, 0.25) is 0 Å².